The van der Waals surface area contributed by atoms with Crippen LogP contribution in [-0.4, -0.2) is 25.2 Å². The molecule has 0 fully saturated rings. The van der Waals surface area contributed by atoms with Crippen LogP contribution in [0.25, 0.3) is 0 Å². The molecule has 19 heavy (non-hydrogen) atoms. The molecule has 0 saturated heterocycles. The van der Waals surface area contributed by atoms with Gasteiger partial charge in [0.15, 0.2) is 0 Å². The van der Waals surface area contributed by atoms with Crippen LogP contribution in [0.2, 0.25) is 0 Å². The molecule has 0 bridgehead atoms. The Balaban J connectivity index is 2.73. The maximum Gasteiger partial charge on any atom is 0.127 e. The van der Waals surface area contributed by atoms with Crippen LogP contribution < -0.4 is 15.2 Å². The zero-order valence-corrected chi connectivity index (χ0v) is 13.3. The van der Waals surface area contributed by atoms with Gasteiger partial charge >= 0.3 is 0 Å². The fourth-order valence-corrected chi connectivity index (χ4v) is 2.74. The van der Waals surface area contributed by atoms with Gasteiger partial charge in [0, 0.05) is 28.7 Å². The van der Waals surface area contributed by atoms with Gasteiger partial charge in [-0.25, -0.2) is 0 Å². The van der Waals surface area contributed by atoms with Gasteiger partial charge in [0.1, 0.15) is 11.5 Å². The maximum absolute atomic E-state index is 6.27. The van der Waals surface area contributed by atoms with E-state index in [1.165, 1.54) is 0 Å². The lowest BCUT2D eigenvalue weighted by Gasteiger charge is -2.20. The van der Waals surface area contributed by atoms with Crippen LogP contribution in [0, 0.1) is 5.92 Å². The van der Waals surface area contributed by atoms with E-state index >= 15 is 0 Å². The summed E-state index contributed by atoms with van der Waals surface area (Å²) >= 11 is 1.90. The second-order valence-electron chi connectivity index (χ2n) is 5.00. The van der Waals surface area contributed by atoms with Gasteiger partial charge in [0.05, 0.1) is 14.2 Å². The van der Waals surface area contributed by atoms with Gasteiger partial charge in [-0.1, -0.05) is 26.8 Å². The maximum atomic E-state index is 6.27. The van der Waals surface area contributed by atoms with E-state index in [0.717, 1.165) is 22.8 Å². The Morgan fingerprint density at radius 1 is 1.16 bits per heavy atom. The minimum absolute atomic E-state index is 0.0212. The van der Waals surface area contributed by atoms with Crippen LogP contribution in [0.1, 0.15) is 32.4 Å². The molecule has 108 valence electrons. The molecule has 0 aromatic heterocycles. The molecule has 0 heterocycles. The molecule has 0 aliphatic carbocycles. The summed E-state index contributed by atoms with van der Waals surface area (Å²) in [5, 5.41) is 0.607. The molecule has 0 saturated carbocycles. The average molecular weight is 283 g/mol. The highest BCUT2D eigenvalue weighted by Crippen LogP contribution is 2.31. The molecular weight excluding hydrogens is 258 g/mol. The summed E-state index contributed by atoms with van der Waals surface area (Å²) in [6.45, 7) is 6.71. The Bertz CT molecular complexity index is 396. The first-order chi connectivity index (χ1) is 8.99. The summed E-state index contributed by atoms with van der Waals surface area (Å²) in [6, 6.07) is 5.77. The van der Waals surface area contributed by atoms with Crippen molar-refractivity contribution in [3.05, 3.63) is 23.8 Å². The van der Waals surface area contributed by atoms with Crippen molar-refractivity contribution in [3.63, 3.8) is 0 Å². The van der Waals surface area contributed by atoms with Gasteiger partial charge < -0.3 is 15.2 Å². The zero-order valence-electron chi connectivity index (χ0n) is 12.5. The number of hydrogen-bond donors (Lipinski definition) is 1. The van der Waals surface area contributed by atoms with Gasteiger partial charge in [0.2, 0.25) is 0 Å². The molecule has 1 rings (SSSR count). The lowest BCUT2D eigenvalue weighted by Crippen LogP contribution is -2.17. The number of ether oxygens (including phenoxy) is 2. The lowest BCUT2D eigenvalue weighted by molar-refractivity contribution is 0.389. The number of rotatable bonds is 7. The van der Waals surface area contributed by atoms with Gasteiger partial charge in [-0.15, -0.1) is 0 Å². The molecule has 2 unspecified atom stereocenters. The lowest BCUT2D eigenvalue weighted by atomic mass is 10.1. The van der Waals surface area contributed by atoms with E-state index < -0.39 is 0 Å². The van der Waals surface area contributed by atoms with Crippen molar-refractivity contribution in [2.45, 2.75) is 32.1 Å². The van der Waals surface area contributed by atoms with Crippen LogP contribution in [0.3, 0.4) is 0 Å². The van der Waals surface area contributed by atoms with Crippen molar-refractivity contribution >= 4 is 11.8 Å². The first kappa shape index (κ1) is 16.2. The fourth-order valence-electron chi connectivity index (χ4n) is 1.66. The van der Waals surface area contributed by atoms with E-state index in [1.54, 1.807) is 14.2 Å². The SMILES string of the molecule is COc1ccc(C(N)CSC(C)C(C)C)c(OC)c1. The summed E-state index contributed by atoms with van der Waals surface area (Å²) in [5.74, 6) is 3.14. The number of thioether (sulfide) groups is 1. The Labute approximate surface area is 120 Å². The van der Waals surface area contributed by atoms with Crippen LogP contribution in [0.4, 0.5) is 0 Å². The summed E-state index contributed by atoms with van der Waals surface area (Å²) in [4.78, 5) is 0. The van der Waals surface area contributed by atoms with Gasteiger partial charge in [-0.2, -0.15) is 11.8 Å². The standard InChI is InChI=1S/C15H25NO2S/c1-10(2)11(3)19-9-14(16)13-7-6-12(17-4)8-15(13)18-5/h6-8,10-11,14H,9,16H2,1-5H3. The van der Waals surface area contributed by atoms with E-state index in [9.17, 15) is 0 Å². The van der Waals surface area contributed by atoms with E-state index in [0.29, 0.717) is 11.2 Å². The smallest absolute Gasteiger partial charge is 0.127 e. The van der Waals surface area contributed by atoms with E-state index in [4.69, 9.17) is 15.2 Å². The Hall–Kier alpha value is -0.870. The first-order valence-corrected chi connectivity index (χ1v) is 7.63. The summed E-state index contributed by atoms with van der Waals surface area (Å²) in [6.07, 6.45) is 0. The minimum atomic E-state index is -0.0212. The molecule has 1 aromatic rings. The summed E-state index contributed by atoms with van der Waals surface area (Å²) < 4.78 is 10.6. The van der Waals surface area contributed by atoms with Crippen LogP contribution >= 0.6 is 11.8 Å². The predicted octanol–water partition coefficient (Wildman–Crippen LogP) is 3.48. The molecule has 0 aliphatic rings. The minimum Gasteiger partial charge on any atom is -0.497 e. The molecule has 0 amide bonds. The number of methoxy groups -OCH3 is 2. The summed E-state index contributed by atoms with van der Waals surface area (Å²) in [5.41, 5.74) is 7.30. The monoisotopic (exact) mass is 283 g/mol. The first-order valence-electron chi connectivity index (χ1n) is 6.58. The van der Waals surface area contributed by atoms with Crippen molar-refractivity contribution in [2.75, 3.05) is 20.0 Å². The highest BCUT2D eigenvalue weighted by atomic mass is 32.2. The number of nitrogens with two attached hydrogens (primary N) is 1. The number of hydrogen-bond acceptors (Lipinski definition) is 4. The van der Waals surface area contributed by atoms with E-state index in [-0.39, 0.29) is 6.04 Å². The van der Waals surface area contributed by atoms with Gasteiger partial charge in [0.25, 0.3) is 0 Å². The molecule has 0 spiro atoms. The quantitative estimate of drug-likeness (QED) is 0.832. The highest BCUT2D eigenvalue weighted by Gasteiger charge is 2.15. The van der Waals surface area contributed by atoms with Crippen LogP contribution in [0.15, 0.2) is 18.2 Å². The molecule has 2 atom stereocenters. The summed E-state index contributed by atoms with van der Waals surface area (Å²) in [7, 11) is 3.31. The third kappa shape index (κ3) is 4.62. The van der Waals surface area contributed by atoms with E-state index in [1.807, 2.05) is 30.0 Å². The normalized spacial score (nSPS) is 14.3. The Morgan fingerprint density at radius 2 is 1.84 bits per heavy atom. The predicted molar refractivity (Wildman–Crippen MR) is 83.2 cm³/mol. The molecule has 3 nitrogen and oxygen atoms in total. The van der Waals surface area contributed by atoms with Crippen LogP contribution in [0.5, 0.6) is 11.5 Å². The highest BCUT2D eigenvalue weighted by molar-refractivity contribution is 7.99. The van der Waals surface area contributed by atoms with E-state index in [2.05, 4.69) is 20.8 Å². The molecule has 1 aromatic carbocycles. The topological polar surface area (TPSA) is 44.5 Å². The second kappa shape index (κ2) is 7.65. The van der Waals surface area contributed by atoms with Crippen molar-refractivity contribution in [1.29, 1.82) is 0 Å². The second-order valence-corrected chi connectivity index (χ2v) is 6.41. The van der Waals surface area contributed by atoms with Gasteiger partial charge in [-0.05, 0) is 12.0 Å². The van der Waals surface area contributed by atoms with Crippen molar-refractivity contribution in [3.8, 4) is 11.5 Å². The zero-order chi connectivity index (χ0) is 14.4. The molecule has 0 aliphatic heterocycles. The molecule has 2 N–H and O–H groups in total. The fraction of sp³-hybridized carbons (Fsp3) is 0.600. The molecule has 4 heteroatoms. The third-order valence-corrected chi connectivity index (χ3v) is 4.94. The molecular formula is C15H25NO2S. The molecule has 0 radical (unpaired) electrons. The Kier molecular flexibility index (Phi) is 6.52. The van der Waals surface area contributed by atoms with Crippen molar-refractivity contribution in [2.24, 2.45) is 11.7 Å². The van der Waals surface area contributed by atoms with Crippen molar-refractivity contribution < 1.29 is 9.47 Å². The largest absolute Gasteiger partial charge is 0.497 e. The van der Waals surface area contributed by atoms with Gasteiger partial charge in [-0.3, -0.25) is 0 Å². The average Bonchev–Trinajstić information content (AvgIpc) is 2.43. The Morgan fingerprint density at radius 3 is 2.37 bits per heavy atom. The number of benzene rings is 1. The third-order valence-electron chi connectivity index (χ3n) is 3.32. The van der Waals surface area contributed by atoms with Crippen LogP contribution in [-0.2, 0) is 0 Å². The van der Waals surface area contributed by atoms with Crippen molar-refractivity contribution in [1.82, 2.24) is 0 Å².